The van der Waals surface area contributed by atoms with Gasteiger partial charge in [0, 0.05) is 0 Å². The van der Waals surface area contributed by atoms with E-state index in [1.807, 2.05) is 0 Å². The molecule has 0 radical (unpaired) electrons. The van der Waals surface area contributed by atoms with Crippen LogP contribution >= 0.6 is 0 Å². The highest BCUT2D eigenvalue weighted by molar-refractivity contribution is 6.22. The number of rotatable bonds is 7. The van der Waals surface area contributed by atoms with E-state index >= 15 is 0 Å². The highest BCUT2D eigenvalue weighted by Crippen LogP contribution is 2.35. The average Bonchev–Trinajstić information content (AvgIpc) is 2.80. The maximum Gasteiger partial charge on any atom is -0.00987 e. The van der Waals surface area contributed by atoms with Crippen LogP contribution in [0.25, 0.3) is 43.1 Å². The van der Waals surface area contributed by atoms with Crippen molar-refractivity contribution in [2.75, 3.05) is 0 Å². The standard InChI is InChI=1S/C30H30/c1-2-3-4-5-6-7-10-22-13-16-26-24(21-22)15-18-30-28(26)20-19-27-25-12-9-8-11-23(25)14-17-29(27)30/h8-9,11-21H,2-7,10H2,1H3. The fourth-order valence-electron chi connectivity index (χ4n) is 4.96. The summed E-state index contributed by atoms with van der Waals surface area (Å²) in [5, 5.41) is 10.8. The monoisotopic (exact) mass is 390 g/mol. The highest BCUT2D eigenvalue weighted by atomic mass is 14.1. The minimum absolute atomic E-state index is 1.20. The van der Waals surface area contributed by atoms with Crippen molar-refractivity contribution in [3.05, 3.63) is 84.4 Å². The van der Waals surface area contributed by atoms with Gasteiger partial charge in [0.2, 0.25) is 0 Å². The van der Waals surface area contributed by atoms with Gasteiger partial charge in [-0.1, -0.05) is 118 Å². The summed E-state index contributed by atoms with van der Waals surface area (Å²) in [6, 6.07) is 29.6. The van der Waals surface area contributed by atoms with Gasteiger partial charge < -0.3 is 0 Å². The Balaban J connectivity index is 1.49. The summed E-state index contributed by atoms with van der Waals surface area (Å²) < 4.78 is 0. The third-order valence-electron chi connectivity index (χ3n) is 6.62. The minimum Gasteiger partial charge on any atom is -0.0654 e. The Morgan fingerprint density at radius 2 is 1.03 bits per heavy atom. The quantitative estimate of drug-likeness (QED) is 0.192. The van der Waals surface area contributed by atoms with Gasteiger partial charge in [0.05, 0.1) is 0 Å². The fraction of sp³-hybridized carbons (Fsp3) is 0.267. The average molecular weight is 391 g/mol. The third kappa shape index (κ3) is 3.56. The molecule has 0 aliphatic heterocycles. The first kappa shape index (κ1) is 19.1. The molecule has 0 atom stereocenters. The zero-order chi connectivity index (χ0) is 20.3. The van der Waals surface area contributed by atoms with Gasteiger partial charge in [-0.3, -0.25) is 0 Å². The zero-order valence-electron chi connectivity index (χ0n) is 18.0. The number of hydrogen-bond donors (Lipinski definition) is 0. The lowest BCUT2D eigenvalue weighted by molar-refractivity contribution is 0.607. The van der Waals surface area contributed by atoms with Crippen molar-refractivity contribution in [1.82, 2.24) is 0 Å². The van der Waals surface area contributed by atoms with E-state index in [4.69, 9.17) is 0 Å². The predicted octanol–water partition coefficient (Wildman–Crippen LogP) is 9.20. The zero-order valence-corrected chi connectivity index (χ0v) is 18.0. The molecule has 0 unspecified atom stereocenters. The fourth-order valence-corrected chi connectivity index (χ4v) is 4.96. The molecule has 5 rings (SSSR count). The summed E-state index contributed by atoms with van der Waals surface area (Å²) in [6.45, 7) is 2.28. The summed E-state index contributed by atoms with van der Waals surface area (Å²) in [7, 11) is 0. The molecule has 0 nitrogen and oxygen atoms in total. The van der Waals surface area contributed by atoms with E-state index in [0.717, 1.165) is 0 Å². The Labute approximate surface area is 179 Å². The summed E-state index contributed by atoms with van der Waals surface area (Å²) in [4.78, 5) is 0. The Kier molecular flexibility index (Phi) is 5.41. The van der Waals surface area contributed by atoms with Crippen molar-refractivity contribution in [2.45, 2.75) is 51.9 Å². The lowest BCUT2D eigenvalue weighted by Gasteiger charge is -2.11. The van der Waals surface area contributed by atoms with E-state index in [1.165, 1.54) is 93.6 Å². The minimum atomic E-state index is 1.20. The Hall–Kier alpha value is -2.86. The Morgan fingerprint density at radius 1 is 0.467 bits per heavy atom. The lowest BCUT2D eigenvalue weighted by Crippen LogP contribution is -1.88. The number of hydrogen-bond acceptors (Lipinski definition) is 0. The molecule has 30 heavy (non-hydrogen) atoms. The molecule has 0 N–H and O–H groups in total. The number of fused-ring (bicyclic) bond motifs is 7. The molecule has 0 heteroatoms. The Morgan fingerprint density at radius 3 is 1.83 bits per heavy atom. The van der Waals surface area contributed by atoms with Crippen LogP contribution in [0, 0.1) is 0 Å². The molecule has 0 aliphatic carbocycles. The molecule has 0 saturated carbocycles. The molecule has 5 aromatic rings. The molecule has 0 fully saturated rings. The molecular weight excluding hydrogens is 360 g/mol. The lowest BCUT2D eigenvalue weighted by atomic mass is 9.93. The third-order valence-corrected chi connectivity index (χ3v) is 6.62. The van der Waals surface area contributed by atoms with E-state index in [-0.39, 0.29) is 0 Å². The molecule has 0 amide bonds. The van der Waals surface area contributed by atoms with Crippen LogP contribution in [0.1, 0.15) is 51.0 Å². The number of benzene rings is 5. The van der Waals surface area contributed by atoms with Crippen LogP contribution in [0.3, 0.4) is 0 Å². The maximum atomic E-state index is 2.41. The van der Waals surface area contributed by atoms with Gasteiger partial charge in [-0.05, 0) is 61.5 Å². The van der Waals surface area contributed by atoms with Crippen LogP contribution in [-0.2, 0) is 6.42 Å². The van der Waals surface area contributed by atoms with E-state index < -0.39 is 0 Å². The number of unbranched alkanes of at least 4 members (excludes halogenated alkanes) is 5. The SMILES string of the molecule is CCCCCCCCc1ccc2c(ccc3c2ccc2c4ccccc4ccc23)c1. The van der Waals surface area contributed by atoms with Crippen molar-refractivity contribution >= 4 is 43.1 Å². The predicted molar refractivity (Wildman–Crippen MR) is 134 cm³/mol. The second kappa shape index (κ2) is 8.48. The summed E-state index contributed by atoms with van der Waals surface area (Å²) in [5.74, 6) is 0. The molecule has 0 aromatic heterocycles. The van der Waals surface area contributed by atoms with Crippen molar-refractivity contribution in [3.8, 4) is 0 Å². The Bertz CT molecular complexity index is 1330. The smallest absolute Gasteiger partial charge is 0.00987 e. The molecule has 0 bridgehead atoms. The summed E-state index contributed by atoms with van der Waals surface area (Å²) >= 11 is 0. The normalized spacial score (nSPS) is 11.8. The first-order valence-corrected chi connectivity index (χ1v) is 11.6. The van der Waals surface area contributed by atoms with Crippen LogP contribution < -0.4 is 0 Å². The van der Waals surface area contributed by atoms with E-state index in [2.05, 4.69) is 85.8 Å². The molecule has 0 heterocycles. The van der Waals surface area contributed by atoms with Crippen molar-refractivity contribution in [1.29, 1.82) is 0 Å². The molecule has 5 aromatic carbocycles. The van der Waals surface area contributed by atoms with Crippen LogP contribution in [0.2, 0.25) is 0 Å². The van der Waals surface area contributed by atoms with Crippen LogP contribution in [0.15, 0.2) is 78.9 Å². The largest absolute Gasteiger partial charge is 0.0654 e. The van der Waals surface area contributed by atoms with Crippen LogP contribution in [0.4, 0.5) is 0 Å². The van der Waals surface area contributed by atoms with Gasteiger partial charge in [-0.25, -0.2) is 0 Å². The van der Waals surface area contributed by atoms with Gasteiger partial charge in [0.1, 0.15) is 0 Å². The van der Waals surface area contributed by atoms with Crippen molar-refractivity contribution < 1.29 is 0 Å². The second-order valence-electron chi connectivity index (χ2n) is 8.68. The van der Waals surface area contributed by atoms with E-state index in [0.29, 0.717) is 0 Å². The topological polar surface area (TPSA) is 0 Å². The van der Waals surface area contributed by atoms with Crippen molar-refractivity contribution in [3.63, 3.8) is 0 Å². The second-order valence-corrected chi connectivity index (χ2v) is 8.68. The van der Waals surface area contributed by atoms with E-state index in [1.54, 1.807) is 0 Å². The molecular formula is C30H30. The van der Waals surface area contributed by atoms with Gasteiger partial charge in [0.25, 0.3) is 0 Å². The first-order chi connectivity index (χ1) is 14.8. The van der Waals surface area contributed by atoms with Crippen molar-refractivity contribution in [2.24, 2.45) is 0 Å². The van der Waals surface area contributed by atoms with E-state index in [9.17, 15) is 0 Å². The summed E-state index contributed by atoms with van der Waals surface area (Å²) in [5.41, 5.74) is 1.48. The maximum absolute atomic E-state index is 2.41. The van der Waals surface area contributed by atoms with Gasteiger partial charge in [0.15, 0.2) is 0 Å². The first-order valence-electron chi connectivity index (χ1n) is 11.6. The van der Waals surface area contributed by atoms with Gasteiger partial charge >= 0.3 is 0 Å². The molecule has 0 saturated heterocycles. The van der Waals surface area contributed by atoms with Gasteiger partial charge in [-0.2, -0.15) is 0 Å². The summed E-state index contributed by atoms with van der Waals surface area (Å²) in [6.07, 6.45) is 9.34. The molecule has 150 valence electrons. The highest BCUT2D eigenvalue weighted by Gasteiger charge is 2.07. The van der Waals surface area contributed by atoms with Gasteiger partial charge in [-0.15, -0.1) is 0 Å². The molecule has 0 spiro atoms. The van der Waals surface area contributed by atoms with Crippen LogP contribution in [0.5, 0.6) is 0 Å². The van der Waals surface area contributed by atoms with Crippen LogP contribution in [-0.4, -0.2) is 0 Å². The molecule has 0 aliphatic rings. The number of aryl methyl sites for hydroxylation is 1.